The highest BCUT2D eigenvalue weighted by Gasteiger charge is 2.10. The van der Waals surface area contributed by atoms with E-state index in [4.69, 9.17) is 4.74 Å². The van der Waals surface area contributed by atoms with Crippen LogP contribution in [0.2, 0.25) is 0 Å². The normalized spacial score (nSPS) is 10.6. The van der Waals surface area contributed by atoms with Gasteiger partial charge in [0, 0.05) is 13.0 Å². The number of fused-ring (bicyclic) bond motifs is 1. The number of nitrogens with one attached hydrogen (secondary N) is 1. The summed E-state index contributed by atoms with van der Waals surface area (Å²) in [5, 5.41) is 2.69. The third-order valence-electron chi connectivity index (χ3n) is 3.64. The number of rotatable bonds is 8. The summed E-state index contributed by atoms with van der Waals surface area (Å²) in [6.45, 7) is 1.86. The average Bonchev–Trinajstić information content (AvgIpc) is 2.94. The van der Waals surface area contributed by atoms with E-state index in [1.807, 2.05) is 48.5 Å². The van der Waals surface area contributed by atoms with Crippen LogP contribution in [0.4, 0.5) is 0 Å². The van der Waals surface area contributed by atoms with Crippen molar-refractivity contribution < 1.29 is 9.53 Å². The Morgan fingerprint density at radius 2 is 1.87 bits per heavy atom. The molecule has 0 unspecified atom stereocenters. The molecule has 0 aliphatic carbocycles. The molecule has 0 spiro atoms. The summed E-state index contributed by atoms with van der Waals surface area (Å²) in [6, 6.07) is 17.8. The first-order valence-corrected chi connectivity index (χ1v) is 7.67. The average molecular weight is 309 g/mol. The van der Waals surface area contributed by atoms with E-state index < -0.39 is 0 Å². The second kappa shape index (κ2) is 7.45. The first-order valence-electron chi connectivity index (χ1n) is 7.67. The Balaban J connectivity index is 1.74. The Bertz CT molecular complexity index is 768. The highest BCUT2D eigenvalue weighted by atomic mass is 16.5. The third-order valence-corrected chi connectivity index (χ3v) is 3.64. The van der Waals surface area contributed by atoms with Gasteiger partial charge in [-0.2, -0.15) is 0 Å². The van der Waals surface area contributed by atoms with Gasteiger partial charge in [0.05, 0.1) is 17.6 Å². The molecule has 1 amide bonds. The van der Waals surface area contributed by atoms with Crippen LogP contribution in [0.5, 0.6) is 5.75 Å². The SMILES string of the molecule is O=CNCCc1nc2ccccc2n1CCOc1ccccc1. The molecule has 3 aromatic rings. The molecule has 5 heteroatoms. The van der Waals surface area contributed by atoms with Gasteiger partial charge in [0.2, 0.25) is 6.41 Å². The smallest absolute Gasteiger partial charge is 0.207 e. The van der Waals surface area contributed by atoms with Gasteiger partial charge >= 0.3 is 0 Å². The fourth-order valence-electron chi connectivity index (χ4n) is 2.58. The molecule has 1 aromatic heterocycles. The summed E-state index contributed by atoms with van der Waals surface area (Å²) in [6.07, 6.45) is 1.41. The van der Waals surface area contributed by atoms with Gasteiger partial charge in [0.1, 0.15) is 18.2 Å². The lowest BCUT2D eigenvalue weighted by Crippen LogP contribution is -2.18. The summed E-state index contributed by atoms with van der Waals surface area (Å²) < 4.78 is 7.95. The monoisotopic (exact) mass is 309 g/mol. The van der Waals surface area contributed by atoms with Crippen molar-refractivity contribution >= 4 is 17.4 Å². The predicted molar refractivity (Wildman–Crippen MR) is 89.4 cm³/mol. The molecule has 2 aromatic carbocycles. The Labute approximate surface area is 134 Å². The summed E-state index contributed by atoms with van der Waals surface area (Å²) >= 11 is 0. The van der Waals surface area contributed by atoms with Gasteiger partial charge in [-0.1, -0.05) is 30.3 Å². The van der Waals surface area contributed by atoms with Crippen molar-refractivity contribution in [3.63, 3.8) is 0 Å². The highest BCUT2D eigenvalue weighted by Crippen LogP contribution is 2.17. The van der Waals surface area contributed by atoms with E-state index in [-0.39, 0.29) is 0 Å². The lowest BCUT2D eigenvalue weighted by Gasteiger charge is -2.10. The largest absolute Gasteiger partial charge is 0.492 e. The second-order valence-corrected chi connectivity index (χ2v) is 5.15. The zero-order chi connectivity index (χ0) is 15.9. The van der Waals surface area contributed by atoms with Gasteiger partial charge in [0.25, 0.3) is 0 Å². The van der Waals surface area contributed by atoms with E-state index >= 15 is 0 Å². The van der Waals surface area contributed by atoms with Crippen molar-refractivity contribution in [3.05, 3.63) is 60.4 Å². The van der Waals surface area contributed by atoms with Crippen LogP contribution < -0.4 is 10.1 Å². The van der Waals surface area contributed by atoms with Crippen LogP contribution in [0.1, 0.15) is 5.82 Å². The highest BCUT2D eigenvalue weighted by molar-refractivity contribution is 5.75. The molecule has 3 rings (SSSR count). The van der Waals surface area contributed by atoms with Crippen LogP contribution in [0.15, 0.2) is 54.6 Å². The van der Waals surface area contributed by atoms with E-state index in [2.05, 4.69) is 20.9 Å². The van der Waals surface area contributed by atoms with Crippen molar-refractivity contribution in [1.82, 2.24) is 14.9 Å². The molecule has 118 valence electrons. The number of imidazole rings is 1. The molecule has 23 heavy (non-hydrogen) atoms. The number of hydrogen-bond acceptors (Lipinski definition) is 3. The standard InChI is InChI=1S/C18H19N3O2/c22-14-19-11-10-18-20-16-8-4-5-9-17(16)21(18)12-13-23-15-6-2-1-3-7-15/h1-9,14H,10-13H2,(H,19,22). The maximum Gasteiger partial charge on any atom is 0.207 e. The molecule has 0 saturated heterocycles. The van der Waals surface area contributed by atoms with E-state index in [1.165, 1.54) is 0 Å². The zero-order valence-corrected chi connectivity index (χ0v) is 12.8. The maximum atomic E-state index is 10.4. The second-order valence-electron chi connectivity index (χ2n) is 5.15. The Morgan fingerprint density at radius 1 is 1.09 bits per heavy atom. The maximum absolute atomic E-state index is 10.4. The first kappa shape index (κ1) is 15.1. The minimum absolute atomic E-state index is 0.568. The number of ether oxygens (including phenoxy) is 1. The molecule has 0 atom stereocenters. The predicted octanol–water partition coefficient (Wildman–Crippen LogP) is 2.40. The van der Waals surface area contributed by atoms with Gasteiger partial charge in [-0.15, -0.1) is 0 Å². The lowest BCUT2D eigenvalue weighted by atomic mass is 10.3. The fraction of sp³-hybridized carbons (Fsp3) is 0.222. The Morgan fingerprint density at radius 3 is 2.70 bits per heavy atom. The zero-order valence-electron chi connectivity index (χ0n) is 12.8. The van der Waals surface area contributed by atoms with Crippen molar-refractivity contribution in [2.45, 2.75) is 13.0 Å². The van der Waals surface area contributed by atoms with Crippen molar-refractivity contribution in [1.29, 1.82) is 0 Å². The number of carbonyl (C=O) groups excluding carboxylic acids is 1. The van der Waals surface area contributed by atoms with Crippen molar-refractivity contribution in [2.24, 2.45) is 0 Å². The molecule has 0 fully saturated rings. The number of amides is 1. The number of para-hydroxylation sites is 3. The van der Waals surface area contributed by atoms with E-state index in [0.717, 1.165) is 22.6 Å². The van der Waals surface area contributed by atoms with Gasteiger partial charge in [-0.3, -0.25) is 4.79 Å². The van der Waals surface area contributed by atoms with Crippen molar-refractivity contribution in [3.8, 4) is 5.75 Å². The molecule has 1 N–H and O–H groups in total. The van der Waals surface area contributed by atoms with Crippen molar-refractivity contribution in [2.75, 3.05) is 13.2 Å². The molecule has 5 nitrogen and oxygen atoms in total. The van der Waals surface area contributed by atoms with Crippen LogP contribution >= 0.6 is 0 Å². The summed E-state index contributed by atoms with van der Waals surface area (Å²) in [5.74, 6) is 1.82. The minimum atomic E-state index is 0.568. The van der Waals surface area contributed by atoms with E-state index in [1.54, 1.807) is 0 Å². The lowest BCUT2D eigenvalue weighted by molar-refractivity contribution is -0.109. The molecule has 1 heterocycles. The van der Waals surface area contributed by atoms with Gasteiger partial charge in [-0.05, 0) is 24.3 Å². The number of carbonyl (C=O) groups is 1. The van der Waals surface area contributed by atoms with E-state index in [9.17, 15) is 4.79 Å². The molecule has 0 aliphatic rings. The topological polar surface area (TPSA) is 56.2 Å². The summed E-state index contributed by atoms with van der Waals surface area (Å²) in [4.78, 5) is 15.1. The van der Waals surface area contributed by atoms with Gasteiger partial charge in [-0.25, -0.2) is 4.98 Å². The Kier molecular flexibility index (Phi) is 4.88. The van der Waals surface area contributed by atoms with Gasteiger partial charge < -0.3 is 14.6 Å². The molecule has 0 radical (unpaired) electrons. The molecule has 0 aliphatic heterocycles. The van der Waals surface area contributed by atoms with Crippen LogP contribution in [0, 0.1) is 0 Å². The first-order chi connectivity index (χ1) is 11.4. The molecule has 0 saturated carbocycles. The fourth-order valence-corrected chi connectivity index (χ4v) is 2.58. The Hall–Kier alpha value is -2.82. The number of benzene rings is 2. The minimum Gasteiger partial charge on any atom is -0.492 e. The number of aromatic nitrogens is 2. The third kappa shape index (κ3) is 3.69. The van der Waals surface area contributed by atoms with E-state index in [0.29, 0.717) is 32.5 Å². The van der Waals surface area contributed by atoms with Crippen LogP contribution in [-0.2, 0) is 17.8 Å². The van der Waals surface area contributed by atoms with Crippen LogP contribution in [0.25, 0.3) is 11.0 Å². The molecular formula is C18H19N3O2. The summed E-state index contributed by atoms with van der Waals surface area (Å²) in [5.41, 5.74) is 2.05. The van der Waals surface area contributed by atoms with Crippen LogP contribution in [-0.4, -0.2) is 29.1 Å². The quantitative estimate of drug-likeness (QED) is 0.513. The number of nitrogens with zero attached hydrogens (tertiary/aromatic N) is 2. The van der Waals surface area contributed by atoms with Crippen LogP contribution in [0.3, 0.4) is 0 Å². The molecular weight excluding hydrogens is 290 g/mol. The van der Waals surface area contributed by atoms with Gasteiger partial charge in [0.15, 0.2) is 0 Å². The molecule has 0 bridgehead atoms. The number of hydrogen-bond donors (Lipinski definition) is 1. The summed E-state index contributed by atoms with van der Waals surface area (Å²) in [7, 11) is 0.